The maximum Gasteiger partial charge on any atom is 0.00389 e. The van der Waals surface area contributed by atoms with Crippen LogP contribution in [-0.2, 0) is 0 Å². The Labute approximate surface area is 81.5 Å². The van der Waals surface area contributed by atoms with Gasteiger partial charge in [-0.25, -0.2) is 0 Å². The van der Waals surface area contributed by atoms with Gasteiger partial charge in [-0.15, -0.1) is 0 Å². The number of nitrogens with one attached hydrogen (secondary N) is 2. The smallest absolute Gasteiger partial charge is 0.00389 e. The maximum atomic E-state index is 3.61. The zero-order valence-corrected chi connectivity index (χ0v) is 8.68. The second-order valence-corrected chi connectivity index (χ2v) is 4.73. The predicted octanol–water partition coefficient (Wildman–Crippen LogP) is 1.37. The quantitative estimate of drug-likeness (QED) is 0.640. The molecule has 0 saturated carbocycles. The van der Waals surface area contributed by atoms with E-state index < -0.39 is 0 Å². The van der Waals surface area contributed by atoms with E-state index in [0.717, 1.165) is 17.9 Å². The van der Waals surface area contributed by atoms with Crippen LogP contribution in [0.1, 0.15) is 32.6 Å². The van der Waals surface area contributed by atoms with Crippen molar-refractivity contribution in [1.29, 1.82) is 0 Å². The molecule has 2 atom stereocenters. The summed E-state index contributed by atoms with van der Waals surface area (Å²) in [6, 6.07) is 0.762. The molecule has 0 aromatic heterocycles. The molecule has 13 heavy (non-hydrogen) atoms. The second-order valence-electron chi connectivity index (χ2n) is 4.73. The van der Waals surface area contributed by atoms with Gasteiger partial charge in [0, 0.05) is 6.04 Å². The number of hydrogen-bond acceptors (Lipinski definition) is 2. The molecule has 0 aliphatic carbocycles. The van der Waals surface area contributed by atoms with Crippen molar-refractivity contribution in [2.45, 2.75) is 38.6 Å². The third-order valence-electron chi connectivity index (χ3n) is 3.75. The Morgan fingerprint density at radius 1 is 0.923 bits per heavy atom. The van der Waals surface area contributed by atoms with Crippen LogP contribution in [0.2, 0.25) is 0 Å². The molecule has 2 unspecified atom stereocenters. The molecule has 2 saturated heterocycles. The fourth-order valence-corrected chi connectivity index (χ4v) is 2.74. The van der Waals surface area contributed by atoms with E-state index >= 15 is 0 Å². The van der Waals surface area contributed by atoms with Crippen molar-refractivity contribution in [2.75, 3.05) is 19.6 Å². The molecular weight excluding hydrogens is 160 g/mol. The van der Waals surface area contributed by atoms with Gasteiger partial charge in [0.05, 0.1) is 0 Å². The Balaban J connectivity index is 1.79. The summed E-state index contributed by atoms with van der Waals surface area (Å²) in [6.45, 7) is 6.07. The third kappa shape index (κ3) is 2.44. The Morgan fingerprint density at radius 3 is 2.31 bits per heavy atom. The molecule has 2 aliphatic heterocycles. The largest absolute Gasteiger partial charge is 0.317 e. The standard InChI is InChI=1S/C11H22N2/c1-9-2-3-11(8-13-9)10-4-6-12-7-5-10/h9-13H,2-8H2,1H3. The van der Waals surface area contributed by atoms with Gasteiger partial charge in [-0.3, -0.25) is 0 Å². The molecule has 0 bridgehead atoms. The van der Waals surface area contributed by atoms with Crippen LogP contribution in [0.15, 0.2) is 0 Å². The topological polar surface area (TPSA) is 24.1 Å². The van der Waals surface area contributed by atoms with Crippen LogP contribution in [-0.4, -0.2) is 25.7 Å². The van der Waals surface area contributed by atoms with Gasteiger partial charge in [-0.1, -0.05) is 0 Å². The van der Waals surface area contributed by atoms with Crippen molar-refractivity contribution in [1.82, 2.24) is 10.6 Å². The Morgan fingerprint density at radius 2 is 1.69 bits per heavy atom. The Hall–Kier alpha value is -0.0800. The van der Waals surface area contributed by atoms with Gasteiger partial charge in [-0.05, 0) is 64.1 Å². The SMILES string of the molecule is CC1CCC(C2CCNCC2)CN1. The average Bonchev–Trinajstić information content (AvgIpc) is 2.20. The summed E-state index contributed by atoms with van der Waals surface area (Å²) in [7, 11) is 0. The summed E-state index contributed by atoms with van der Waals surface area (Å²) >= 11 is 0. The van der Waals surface area contributed by atoms with Gasteiger partial charge in [0.2, 0.25) is 0 Å². The van der Waals surface area contributed by atoms with Crippen LogP contribution in [0, 0.1) is 11.8 Å². The third-order valence-corrected chi connectivity index (χ3v) is 3.75. The van der Waals surface area contributed by atoms with E-state index in [1.165, 1.54) is 45.3 Å². The highest BCUT2D eigenvalue weighted by Crippen LogP contribution is 2.28. The second kappa shape index (κ2) is 4.43. The molecule has 0 radical (unpaired) electrons. The lowest BCUT2D eigenvalue weighted by Crippen LogP contribution is -2.42. The molecule has 2 N–H and O–H groups in total. The summed E-state index contributed by atoms with van der Waals surface area (Å²) in [5.41, 5.74) is 0. The van der Waals surface area contributed by atoms with Crippen LogP contribution in [0.3, 0.4) is 0 Å². The number of rotatable bonds is 1. The van der Waals surface area contributed by atoms with E-state index in [4.69, 9.17) is 0 Å². The summed E-state index contributed by atoms with van der Waals surface area (Å²) < 4.78 is 0. The maximum absolute atomic E-state index is 3.61. The molecule has 2 aliphatic rings. The lowest BCUT2D eigenvalue weighted by molar-refractivity contribution is 0.198. The van der Waals surface area contributed by atoms with Crippen LogP contribution >= 0.6 is 0 Å². The molecule has 2 fully saturated rings. The van der Waals surface area contributed by atoms with Gasteiger partial charge < -0.3 is 10.6 Å². The molecule has 76 valence electrons. The van der Waals surface area contributed by atoms with Gasteiger partial charge in [-0.2, -0.15) is 0 Å². The normalized spacial score (nSPS) is 37.6. The van der Waals surface area contributed by atoms with Crippen molar-refractivity contribution >= 4 is 0 Å². The summed E-state index contributed by atoms with van der Waals surface area (Å²) in [4.78, 5) is 0. The minimum absolute atomic E-state index is 0.762. The average molecular weight is 182 g/mol. The van der Waals surface area contributed by atoms with Crippen molar-refractivity contribution in [2.24, 2.45) is 11.8 Å². The molecule has 2 rings (SSSR count). The highest BCUT2D eigenvalue weighted by atomic mass is 14.9. The Kier molecular flexibility index (Phi) is 3.23. The van der Waals surface area contributed by atoms with Crippen molar-refractivity contribution < 1.29 is 0 Å². The first-order chi connectivity index (χ1) is 6.36. The highest BCUT2D eigenvalue weighted by molar-refractivity contribution is 4.82. The molecule has 0 amide bonds. The van der Waals surface area contributed by atoms with E-state index in [0.29, 0.717) is 0 Å². The fourth-order valence-electron chi connectivity index (χ4n) is 2.74. The van der Waals surface area contributed by atoms with Crippen LogP contribution in [0.25, 0.3) is 0 Å². The molecule has 2 nitrogen and oxygen atoms in total. The number of piperidine rings is 2. The molecule has 0 spiro atoms. The van der Waals surface area contributed by atoms with Gasteiger partial charge in [0.1, 0.15) is 0 Å². The first-order valence-electron chi connectivity index (χ1n) is 5.80. The molecular formula is C11H22N2. The molecule has 2 heteroatoms. The summed E-state index contributed by atoms with van der Waals surface area (Å²) in [5.74, 6) is 1.97. The number of hydrogen-bond donors (Lipinski definition) is 2. The van der Waals surface area contributed by atoms with Gasteiger partial charge in [0.25, 0.3) is 0 Å². The van der Waals surface area contributed by atoms with E-state index in [1.807, 2.05) is 0 Å². The molecule has 2 heterocycles. The van der Waals surface area contributed by atoms with E-state index in [1.54, 1.807) is 0 Å². The van der Waals surface area contributed by atoms with E-state index in [-0.39, 0.29) is 0 Å². The minimum Gasteiger partial charge on any atom is -0.317 e. The minimum atomic E-state index is 0.762. The summed E-state index contributed by atoms with van der Waals surface area (Å²) in [6.07, 6.45) is 5.65. The molecule has 0 aromatic carbocycles. The van der Waals surface area contributed by atoms with Gasteiger partial charge in [0.15, 0.2) is 0 Å². The Bertz CT molecular complexity index is 144. The predicted molar refractivity (Wildman–Crippen MR) is 55.8 cm³/mol. The van der Waals surface area contributed by atoms with Gasteiger partial charge >= 0.3 is 0 Å². The lowest BCUT2D eigenvalue weighted by atomic mass is 9.79. The zero-order valence-electron chi connectivity index (χ0n) is 8.68. The summed E-state index contributed by atoms with van der Waals surface area (Å²) in [5, 5.41) is 7.05. The van der Waals surface area contributed by atoms with Crippen LogP contribution in [0.5, 0.6) is 0 Å². The highest BCUT2D eigenvalue weighted by Gasteiger charge is 2.26. The van der Waals surface area contributed by atoms with Crippen LogP contribution < -0.4 is 10.6 Å². The molecule has 0 aromatic rings. The first-order valence-corrected chi connectivity index (χ1v) is 5.80. The fraction of sp³-hybridized carbons (Fsp3) is 1.00. The van der Waals surface area contributed by atoms with Crippen molar-refractivity contribution in [3.05, 3.63) is 0 Å². The first kappa shape index (κ1) is 9.47. The zero-order chi connectivity index (χ0) is 9.10. The van der Waals surface area contributed by atoms with Crippen LogP contribution in [0.4, 0.5) is 0 Å². The lowest BCUT2D eigenvalue weighted by Gasteiger charge is -2.35. The monoisotopic (exact) mass is 182 g/mol. The van der Waals surface area contributed by atoms with E-state index in [2.05, 4.69) is 17.6 Å². The van der Waals surface area contributed by atoms with E-state index in [9.17, 15) is 0 Å². The van der Waals surface area contributed by atoms with Crippen molar-refractivity contribution in [3.8, 4) is 0 Å². The van der Waals surface area contributed by atoms with Crippen molar-refractivity contribution in [3.63, 3.8) is 0 Å².